The third-order valence-electron chi connectivity index (χ3n) is 3.36. The zero-order chi connectivity index (χ0) is 13.8. The average molecular weight is 285 g/mol. The molecule has 1 N–H and O–H groups in total. The van der Waals surface area contributed by atoms with Crippen LogP contribution in [0.5, 0.6) is 0 Å². The van der Waals surface area contributed by atoms with Crippen molar-refractivity contribution in [2.24, 2.45) is 0 Å². The molecule has 2 unspecified atom stereocenters. The summed E-state index contributed by atoms with van der Waals surface area (Å²) in [5.74, 6) is 0. The maximum atomic E-state index is 10.7. The smallest absolute Gasteiger partial charge is 0.271 e. The van der Waals surface area contributed by atoms with Crippen molar-refractivity contribution >= 4 is 23.0 Å². The van der Waals surface area contributed by atoms with E-state index in [4.69, 9.17) is 16.3 Å². The standard InChI is InChI=1S/C13H17ClN2O3/c1-2-11(13-4-3-7-19-13)15-12-6-5-9(16(17)18)8-10(12)14/h5-6,8,11,13,15H,2-4,7H2,1H3. The van der Waals surface area contributed by atoms with Gasteiger partial charge >= 0.3 is 0 Å². The number of nitro benzene ring substituents is 1. The predicted octanol–water partition coefficient (Wildman–Crippen LogP) is 3.62. The average Bonchev–Trinajstić information content (AvgIpc) is 2.91. The fourth-order valence-corrected chi connectivity index (χ4v) is 2.54. The summed E-state index contributed by atoms with van der Waals surface area (Å²) in [5.41, 5.74) is 0.718. The molecule has 104 valence electrons. The van der Waals surface area contributed by atoms with E-state index in [-0.39, 0.29) is 17.8 Å². The zero-order valence-electron chi connectivity index (χ0n) is 10.8. The van der Waals surface area contributed by atoms with Crippen LogP contribution in [0.1, 0.15) is 26.2 Å². The second-order valence-corrected chi connectivity index (χ2v) is 5.04. The molecule has 5 nitrogen and oxygen atoms in total. The highest BCUT2D eigenvalue weighted by Gasteiger charge is 2.25. The van der Waals surface area contributed by atoms with Gasteiger partial charge in [0, 0.05) is 18.7 Å². The number of hydrogen-bond acceptors (Lipinski definition) is 4. The Morgan fingerprint density at radius 1 is 1.63 bits per heavy atom. The quantitative estimate of drug-likeness (QED) is 0.662. The van der Waals surface area contributed by atoms with Gasteiger partial charge in [-0.3, -0.25) is 10.1 Å². The highest BCUT2D eigenvalue weighted by atomic mass is 35.5. The number of non-ortho nitro benzene ring substituents is 1. The highest BCUT2D eigenvalue weighted by Crippen LogP contribution is 2.29. The summed E-state index contributed by atoms with van der Waals surface area (Å²) in [7, 11) is 0. The molecule has 1 aliphatic heterocycles. The fourth-order valence-electron chi connectivity index (χ4n) is 2.31. The molecule has 1 heterocycles. The summed E-state index contributed by atoms with van der Waals surface area (Å²) >= 11 is 6.07. The Labute approximate surface area is 117 Å². The third-order valence-corrected chi connectivity index (χ3v) is 3.67. The lowest BCUT2D eigenvalue weighted by atomic mass is 10.1. The van der Waals surface area contributed by atoms with Crippen molar-refractivity contribution < 1.29 is 9.66 Å². The first kappa shape index (κ1) is 14.1. The Morgan fingerprint density at radius 2 is 2.42 bits per heavy atom. The van der Waals surface area contributed by atoms with E-state index in [1.807, 2.05) is 0 Å². The molecule has 0 saturated carbocycles. The molecule has 0 amide bonds. The first-order valence-corrected chi connectivity index (χ1v) is 6.81. The fraction of sp³-hybridized carbons (Fsp3) is 0.538. The molecule has 1 aromatic rings. The van der Waals surface area contributed by atoms with Crippen LogP contribution in [0.3, 0.4) is 0 Å². The van der Waals surface area contributed by atoms with Crippen molar-refractivity contribution in [1.82, 2.24) is 0 Å². The van der Waals surface area contributed by atoms with E-state index >= 15 is 0 Å². The maximum absolute atomic E-state index is 10.7. The largest absolute Gasteiger partial charge is 0.378 e. The van der Waals surface area contributed by atoms with Crippen LogP contribution in [0.25, 0.3) is 0 Å². The third kappa shape index (κ3) is 3.36. The zero-order valence-corrected chi connectivity index (χ0v) is 11.5. The van der Waals surface area contributed by atoms with E-state index in [9.17, 15) is 10.1 Å². The highest BCUT2D eigenvalue weighted by molar-refractivity contribution is 6.33. The molecule has 0 bridgehead atoms. The van der Waals surface area contributed by atoms with Crippen molar-refractivity contribution in [3.05, 3.63) is 33.3 Å². The van der Waals surface area contributed by atoms with Crippen LogP contribution < -0.4 is 5.32 Å². The second kappa shape index (κ2) is 6.21. The molecule has 1 saturated heterocycles. The normalized spacial score (nSPS) is 20.2. The Hall–Kier alpha value is -1.33. The van der Waals surface area contributed by atoms with Gasteiger partial charge in [-0.2, -0.15) is 0 Å². The van der Waals surface area contributed by atoms with Gasteiger partial charge in [0.2, 0.25) is 0 Å². The number of ether oxygens (including phenoxy) is 1. The molecule has 0 spiro atoms. The van der Waals surface area contributed by atoms with Crippen molar-refractivity contribution in [2.75, 3.05) is 11.9 Å². The van der Waals surface area contributed by atoms with E-state index in [0.717, 1.165) is 31.6 Å². The van der Waals surface area contributed by atoms with Crippen LogP contribution in [0, 0.1) is 10.1 Å². The SMILES string of the molecule is CCC(Nc1ccc([N+](=O)[O-])cc1Cl)C1CCCO1. The maximum Gasteiger partial charge on any atom is 0.271 e. The first-order valence-electron chi connectivity index (χ1n) is 6.44. The lowest BCUT2D eigenvalue weighted by Crippen LogP contribution is -2.32. The Morgan fingerprint density at radius 3 is 2.95 bits per heavy atom. The van der Waals surface area contributed by atoms with Crippen molar-refractivity contribution in [3.8, 4) is 0 Å². The summed E-state index contributed by atoms with van der Waals surface area (Å²) in [6, 6.07) is 4.65. The van der Waals surface area contributed by atoms with Crippen molar-refractivity contribution in [3.63, 3.8) is 0 Å². The van der Waals surface area contributed by atoms with E-state index in [2.05, 4.69) is 12.2 Å². The number of nitrogens with zero attached hydrogens (tertiary/aromatic N) is 1. The summed E-state index contributed by atoms with van der Waals surface area (Å²) in [6.07, 6.45) is 3.22. The summed E-state index contributed by atoms with van der Waals surface area (Å²) < 4.78 is 5.67. The number of rotatable bonds is 5. The second-order valence-electron chi connectivity index (χ2n) is 4.63. The minimum Gasteiger partial charge on any atom is -0.378 e. The number of hydrogen-bond donors (Lipinski definition) is 1. The Bertz CT molecular complexity index is 461. The van der Waals surface area contributed by atoms with Crippen LogP contribution in [0.2, 0.25) is 5.02 Å². The number of nitro groups is 1. The van der Waals surface area contributed by atoms with Crippen LogP contribution in [-0.2, 0) is 4.74 Å². The van der Waals surface area contributed by atoms with Gasteiger partial charge in [-0.05, 0) is 25.3 Å². The number of benzene rings is 1. The number of halogens is 1. The molecule has 6 heteroatoms. The molecular weight excluding hydrogens is 268 g/mol. The lowest BCUT2D eigenvalue weighted by Gasteiger charge is -2.24. The molecule has 2 rings (SSSR count). The van der Waals surface area contributed by atoms with Crippen molar-refractivity contribution in [1.29, 1.82) is 0 Å². The van der Waals surface area contributed by atoms with Crippen LogP contribution in [0.15, 0.2) is 18.2 Å². The number of nitrogens with one attached hydrogen (secondary N) is 1. The molecule has 0 aromatic heterocycles. The van der Waals surface area contributed by atoms with Gasteiger partial charge in [0.15, 0.2) is 0 Å². The van der Waals surface area contributed by atoms with Gasteiger partial charge in [0.1, 0.15) is 0 Å². The molecule has 19 heavy (non-hydrogen) atoms. The monoisotopic (exact) mass is 284 g/mol. The molecule has 1 aliphatic rings. The molecular formula is C13H17ClN2O3. The van der Waals surface area contributed by atoms with Gasteiger partial charge in [0.05, 0.1) is 27.8 Å². The first-order chi connectivity index (χ1) is 9.11. The topological polar surface area (TPSA) is 64.4 Å². The molecule has 1 fully saturated rings. The summed E-state index contributed by atoms with van der Waals surface area (Å²) in [6.45, 7) is 2.88. The van der Waals surface area contributed by atoms with E-state index < -0.39 is 4.92 Å². The van der Waals surface area contributed by atoms with Gasteiger partial charge < -0.3 is 10.1 Å². The van der Waals surface area contributed by atoms with Gasteiger partial charge in [-0.1, -0.05) is 18.5 Å². The van der Waals surface area contributed by atoms with E-state index in [1.165, 1.54) is 12.1 Å². The van der Waals surface area contributed by atoms with Gasteiger partial charge in [0.25, 0.3) is 5.69 Å². The van der Waals surface area contributed by atoms with Gasteiger partial charge in [-0.15, -0.1) is 0 Å². The van der Waals surface area contributed by atoms with E-state index in [1.54, 1.807) is 6.07 Å². The lowest BCUT2D eigenvalue weighted by molar-refractivity contribution is -0.384. The van der Waals surface area contributed by atoms with Crippen LogP contribution in [0.4, 0.5) is 11.4 Å². The minimum atomic E-state index is -0.451. The molecule has 2 atom stereocenters. The van der Waals surface area contributed by atoms with E-state index in [0.29, 0.717) is 5.02 Å². The predicted molar refractivity (Wildman–Crippen MR) is 74.8 cm³/mol. The minimum absolute atomic E-state index is 0.000662. The van der Waals surface area contributed by atoms with Crippen molar-refractivity contribution in [2.45, 2.75) is 38.3 Å². The Balaban J connectivity index is 2.10. The van der Waals surface area contributed by atoms with Crippen LogP contribution in [-0.4, -0.2) is 23.7 Å². The molecule has 0 aliphatic carbocycles. The molecule has 0 radical (unpaired) electrons. The summed E-state index contributed by atoms with van der Waals surface area (Å²) in [4.78, 5) is 10.2. The van der Waals surface area contributed by atoms with Gasteiger partial charge in [-0.25, -0.2) is 0 Å². The van der Waals surface area contributed by atoms with Crippen LogP contribution >= 0.6 is 11.6 Å². The molecule has 1 aromatic carbocycles. The summed E-state index contributed by atoms with van der Waals surface area (Å²) in [5, 5.41) is 14.4. The Kier molecular flexibility index (Phi) is 4.61. The number of anilines is 1.